The Morgan fingerprint density at radius 3 is 2.91 bits per heavy atom. The molecule has 2 unspecified atom stereocenters. The fourth-order valence-electron chi connectivity index (χ4n) is 3.08. The molecule has 1 amide bonds. The summed E-state index contributed by atoms with van der Waals surface area (Å²) in [4.78, 5) is 24.4. The van der Waals surface area contributed by atoms with Crippen LogP contribution in [0.3, 0.4) is 0 Å². The number of hydrogen-bond acceptors (Lipinski definition) is 3. The number of benzene rings is 2. The molecular weight excluding hydrogens is 288 g/mol. The van der Waals surface area contributed by atoms with E-state index in [0.29, 0.717) is 12.8 Å². The molecule has 0 spiro atoms. The molecule has 0 bridgehead atoms. The highest BCUT2D eigenvalue weighted by molar-refractivity contribution is 5.90. The van der Waals surface area contributed by atoms with Gasteiger partial charge in [0.1, 0.15) is 0 Å². The van der Waals surface area contributed by atoms with Crippen molar-refractivity contribution in [3.05, 3.63) is 70.8 Å². The van der Waals surface area contributed by atoms with E-state index in [1.807, 2.05) is 43.3 Å². The SMILES string of the molecule is Cc1cccc(CC(=O)C2NC(C(N)=O)Cc3c[c]ccc32)c1. The first-order valence-corrected chi connectivity index (χ1v) is 7.67. The van der Waals surface area contributed by atoms with Gasteiger partial charge in [-0.25, -0.2) is 0 Å². The molecule has 0 fully saturated rings. The van der Waals surface area contributed by atoms with E-state index < -0.39 is 18.0 Å². The first-order valence-electron chi connectivity index (χ1n) is 7.67. The van der Waals surface area contributed by atoms with Crippen molar-refractivity contribution in [1.82, 2.24) is 5.32 Å². The Morgan fingerprint density at radius 2 is 2.17 bits per heavy atom. The van der Waals surface area contributed by atoms with Gasteiger partial charge in [-0.15, -0.1) is 0 Å². The van der Waals surface area contributed by atoms with Crippen LogP contribution in [0.5, 0.6) is 0 Å². The molecule has 117 valence electrons. The number of primary amides is 1. The molecule has 1 aliphatic rings. The monoisotopic (exact) mass is 307 g/mol. The quantitative estimate of drug-likeness (QED) is 0.902. The Bertz CT molecular complexity index is 755. The summed E-state index contributed by atoms with van der Waals surface area (Å²) in [6, 6.07) is 15.4. The molecule has 1 radical (unpaired) electrons. The van der Waals surface area contributed by atoms with Crippen molar-refractivity contribution in [2.45, 2.75) is 31.8 Å². The lowest BCUT2D eigenvalue weighted by Crippen LogP contribution is -2.50. The third-order valence-corrected chi connectivity index (χ3v) is 4.22. The summed E-state index contributed by atoms with van der Waals surface area (Å²) < 4.78 is 0. The largest absolute Gasteiger partial charge is 0.368 e. The van der Waals surface area contributed by atoms with Crippen molar-refractivity contribution in [2.24, 2.45) is 5.73 Å². The molecule has 23 heavy (non-hydrogen) atoms. The minimum Gasteiger partial charge on any atom is -0.368 e. The van der Waals surface area contributed by atoms with Crippen molar-refractivity contribution >= 4 is 11.7 Å². The smallest absolute Gasteiger partial charge is 0.234 e. The van der Waals surface area contributed by atoms with Crippen LogP contribution in [0.4, 0.5) is 0 Å². The van der Waals surface area contributed by atoms with Gasteiger partial charge in [-0.3, -0.25) is 14.9 Å². The number of aryl methyl sites for hydroxylation is 1. The molecule has 0 aliphatic carbocycles. The number of ketones is 1. The molecule has 3 N–H and O–H groups in total. The van der Waals surface area contributed by atoms with Crippen molar-refractivity contribution < 1.29 is 9.59 Å². The minimum absolute atomic E-state index is 0.0361. The zero-order valence-electron chi connectivity index (χ0n) is 13.0. The highest BCUT2D eigenvalue weighted by Crippen LogP contribution is 2.27. The number of rotatable bonds is 4. The summed E-state index contributed by atoms with van der Waals surface area (Å²) in [5.74, 6) is -0.401. The molecule has 0 aromatic heterocycles. The van der Waals surface area contributed by atoms with E-state index in [1.54, 1.807) is 6.07 Å². The number of nitrogens with two attached hydrogens (primary N) is 1. The number of carbonyl (C=O) groups is 2. The summed E-state index contributed by atoms with van der Waals surface area (Å²) >= 11 is 0. The molecule has 3 rings (SSSR count). The standard InChI is InChI=1S/C19H19N2O2/c1-12-5-4-6-13(9-12)10-17(22)18-15-8-3-2-7-14(15)11-16(21-18)19(20)23/h3-9,16,18,21H,10-11H2,1H3,(H2,20,23). The molecule has 2 aromatic rings. The highest BCUT2D eigenvalue weighted by Gasteiger charge is 2.32. The fourth-order valence-corrected chi connectivity index (χ4v) is 3.08. The maximum Gasteiger partial charge on any atom is 0.234 e. The van der Waals surface area contributed by atoms with Crippen molar-refractivity contribution in [1.29, 1.82) is 0 Å². The Balaban J connectivity index is 1.88. The Kier molecular flexibility index (Phi) is 4.26. The Hall–Kier alpha value is -2.46. The van der Waals surface area contributed by atoms with Crippen LogP contribution in [0.2, 0.25) is 0 Å². The second kappa shape index (κ2) is 6.34. The van der Waals surface area contributed by atoms with Crippen molar-refractivity contribution in [3.63, 3.8) is 0 Å². The summed E-state index contributed by atoms with van der Waals surface area (Å²) in [5, 5.41) is 3.11. The molecule has 4 nitrogen and oxygen atoms in total. The van der Waals surface area contributed by atoms with Gasteiger partial charge in [0, 0.05) is 6.42 Å². The first-order chi connectivity index (χ1) is 11.0. The molecule has 2 atom stereocenters. The fraction of sp³-hybridized carbons (Fsp3) is 0.263. The topological polar surface area (TPSA) is 72.2 Å². The predicted octanol–water partition coefficient (Wildman–Crippen LogP) is 1.65. The van der Waals surface area contributed by atoms with Crippen molar-refractivity contribution in [2.75, 3.05) is 0 Å². The van der Waals surface area contributed by atoms with Gasteiger partial charge < -0.3 is 5.73 Å². The third kappa shape index (κ3) is 3.32. The molecule has 4 heteroatoms. The zero-order valence-corrected chi connectivity index (χ0v) is 13.0. The number of amides is 1. The van der Waals surface area contributed by atoms with Gasteiger partial charge >= 0.3 is 0 Å². The van der Waals surface area contributed by atoms with E-state index in [2.05, 4.69) is 11.4 Å². The first kappa shape index (κ1) is 15.4. The lowest BCUT2D eigenvalue weighted by Gasteiger charge is -2.30. The average molecular weight is 307 g/mol. The van der Waals surface area contributed by atoms with Crippen LogP contribution in [-0.4, -0.2) is 17.7 Å². The van der Waals surface area contributed by atoms with Crippen LogP contribution >= 0.6 is 0 Å². The van der Waals surface area contributed by atoms with Gasteiger partial charge in [-0.1, -0.05) is 48.0 Å². The van der Waals surface area contributed by atoms with Crippen LogP contribution in [0.25, 0.3) is 0 Å². The zero-order chi connectivity index (χ0) is 16.4. The van der Waals surface area contributed by atoms with Gasteiger partial charge in [0.05, 0.1) is 12.1 Å². The van der Waals surface area contributed by atoms with Crippen LogP contribution in [-0.2, 0) is 22.4 Å². The van der Waals surface area contributed by atoms with Crippen LogP contribution in [0, 0.1) is 13.0 Å². The maximum absolute atomic E-state index is 12.8. The van der Waals surface area contributed by atoms with Crippen molar-refractivity contribution in [3.8, 4) is 0 Å². The normalized spacial score (nSPS) is 19.9. The number of nitrogens with one attached hydrogen (secondary N) is 1. The van der Waals surface area contributed by atoms with Gasteiger partial charge in [0.2, 0.25) is 5.91 Å². The second-order valence-corrected chi connectivity index (χ2v) is 6.02. The predicted molar refractivity (Wildman–Crippen MR) is 87.7 cm³/mol. The summed E-state index contributed by atoms with van der Waals surface area (Å²) in [7, 11) is 0. The van der Waals surface area contributed by atoms with E-state index in [0.717, 1.165) is 22.3 Å². The number of fused-ring (bicyclic) bond motifs is 1. The van der Waals surface area contributed by atoms with Crippen LogP contribution in [0.15, 0.2) is 42.5 Å². The number of Topliss-reactive ketones (excluding diaryl/α,β-unsaturated/α-hetero) is 1. The number of carbonyl (C=O) groups excluding carboxylic acids is 2. The van der Waals surface area contributed by atoms with Gasteiger partial charge in [-0.2, -0.15) is 0 Å². The minimum atomic E-state index is -0.523. The Morgan fingerprint density at radius 1 is 1.35 bits per heavy atom. The summed E-state index contributed by atoms with van der Waals surface area (Å²) in [6.07, 6.45) is 0.819. The molecular formula is C19H19N2O2. The van der Waals surface area contributed by atoms with E-state index >= 15 is 0 Å². The second-order valence-electron chi connectivity index (χ2n) is 6.02. The highest BCUT2D eigenvalue weighted by atomic mass is 16.1. The van der Waals surface area contributed by atoms with E-state index in [-0.39, 0.29) is 5.78 Å². The summed E-state index contributed by atoms with van der Waals surface area (Å²) in [6.45, 7) is 2.00. The average Bonchev–Trinajstić information content (AvgIpc) is 2.53. The van der Waals surface area contributed by atoms with Gasteiger partial charge in [0.25, 0.3) is 0 Å². The van der Waals surface area contributed by atoms with E-state index in [1.165, 1.54) is 0 Å². The molecule has 0 saturated heterocycles. The lowest BCUT2D eigenvalue weighted by molar-refractivity contribution is -0.123. The van der Waals surface area contributed by atoms with Gasteiger partial charge in [-0.05, 0) is 36.1 Å². The molecule has 0 saturated carbocycles. The van der Waals surface area contributed by atoms with E-state index in [4.69, 9.17) is 5.73 Å². The lowest BCUT2D eigenvalue weighted by atomic mass is 9.86. The van der Waals surface area contributed by atoms with Gasteiger partial charge in [0.15, 0.2) is 5.78 Å². The maximum atomic E-state index is 12.8. The molecule has 1 heterocycles. The Labute approximate surface area is 135 Å². The van der Waals surface area contributed by atoms with Crippen LogP contribution in [0.1, 0.15) is 28.3 Å². The summed E-state index contributed by atoms with van der Waals surface area (Å²) in [5.41, 5.74) is 9.40. The number of hydrogen-bond donors (Lipinski definition) is 2. The molecule has 1 aliphatic heterocycles. The van der Waals surface area contributed by atoms with Crippen LogP contribution < -0.4 is 11.1 Å². The molecule has 2 aromatic carbocycles. The third-order valence-electron chi connectivity index (χ3n) is 4.22. The van der Waals surface area contributed by atoms with E-state index in [9.17, 15) is 9.59 Å².